The number of aliphatic carboxylic acids is 1. The molecule has 0 aliphatic heterocycles. The van der Waals surface area contributed by atoms with E-state index in [9.17, 15) is 14.7 Å². The normalized spacial score (nSPS) is 14.5. The smallest absolute Gasteiger partial charge is 0.305 e. The van der Waals surface area contributed by atoms with Crippen LogP contribution in [0.3, 0.4) is 0 Å². The van der Waals surface area contributed by atoms with Gasteiger partial charge in [-0.2, -0.15) is 0 Å². The lowest BCUT2D eigenvalue weighted by atomic mass is 10.1. The summed E-state index contributed by atoms with van der Waals surface area (Å²) in [5, 5.41) is 29.0. The Balaban J connectivity index is 3.65. The predicted octanol–water partition coefficient (Wildman–Crippen LogP) is -1.29. The summed E-state index contributed by atoms with van der Waals surface area (Å²) in [4.78, 5) is 20.6. The fraction of sp³-hybridized carbons (Fsp3) is 0.750. The number of carbonyl (C=O) groups excluding carboxylic acids is 1. The van der Waals surface area contributed by atoms with E-state index in [0.717, 1.165) is 0 Å². The monoisotopic (exact) mass is 205 g/mol. The van der Waals surface area contributed by atoms with Crippen LogP contribution in [0, 0.1) is 0 Å². The number of aliphatic hydroxyl groups is 2. The Morgan fingerprint density at radius 3 is 2.29 bits per heavy atom. The zero-order valence-electron chi connectivity index (χ0n) is 7.93. The van der Waals surface area contributed by atoms with Crippen LogP contribution in [-0.4, -0.2) is 45.9 Å². The van der Waals surface area contributed by atoms with Crippen LogP contribution in [0.2, 0.25) is 0 Å². The van der Waals surface area contributed by atoms with Crippen LogP contribution in [0.5, 0.6) is 0 Å². The molecule has 6 heteroatoms. The number of hydrogen-bond donors (Lipinski definition) is 4. The molecule has 82 valence electrons. The van der Waals surface area contributed by atoms with E-state index >= 15 is 0 Å². The van der Waals surface area contributed by atoms with Gasteiger partial charge in [0.1, 0.15) is 0 Å². The van der Waals surface area contributed by atoms with Crippen molar-refractivity contribution in [3.63, 3.8) is 0 Å². The highest BCUT2D eigenvalue weighted by molar-refractivity contribution is 5.72. The predicted molar refractivity (Wildman–Crippen MR) is 47.6 cm³/mol. The summed E-state index contributed by atoms with van der Waals surface area (Å²) >= 11 is 0. The van der Waals surface area contributed by atoms with E-state index in [4.69, 9.17) is 10.2 Å². The van der Waals surface area contributed by atoms with Gasteiger partial charge in [0.05, 0.1) is 18.6 Å². The average Bonchev–Trinajstić information content (AvgIpc) is 1.98. The zero-order chi connectivity index (χ0) is 11.1. The summed E-state index contributed by atoms with van der Waals surface area (Å²) in [7, 11) is 0. The molecule has 0 radical (unpaired) electrons. The molecule has 6 nitrogen and oxygen atoms in total. The Bertz CT molecular complexity index is 206. The number of carboxylic acid groups (broad SMARTS) is 1. The van der Waals surface area contributed by atoms with Gasteiger partial charge in [-0.15, -0.1) is 0 Å². The number of nitrogens with one attached hydrogen (secondary N) is 1. The Hall–Kier alpha value is -1.14. The minimum absolute atomic E-state index is 0.0199. The third kappa shape index (κ3) is 7.51. The number of carboxylic acids is 1. The van der Waals surface area contributed by atoms with Crippen molar-refractivity contribution in [1.29, 1.82) is 0 Å². The molecule has 0 aliphatic carbocycles. The van der Waals surface area contributed by atoms with Gasteiger partial charge >= 0.3 is 5.97 Å². The fourth-order valence-electron chi connectivity index (χ4n) is 0.944. The van der Waals surface area contributed by atoms with Crippen LogP contribution in [0.15, 0.2) is 0 Å². The molecular weight excluding hydrogens is 190 g/mol. The van der Waals surface area contributed by atoms with E-state index in [0.29, 0.717) is 0 Å². The molecule has 0 unspecified atom stereocenters. The molecule has 0 saturated carbocycles. The summed E-state index contributed by atoms with van der Waals surface area (Å²) in [5.74, 6) is -1.40. The topological polar surface area (TPSA) is 107 Å². The maximum absolute atomic E-state index is 10.4. The molecule has 0 aromatic carbocycles. The Labute approximate surface area is 81.5 Å². The Kier molecular flexibility index (Phi) is 5.82. The van der Waals surface area contributed by atoms with Gasteiger partial charge in [0, 0.05) is 19.9 Å². The number of hydrogen-bond acceptors (Lipinski definition) is 4. The van der Waals surface area contributed by atoms with Crippen LogP contribution in [0.25, 0.3) is 0 Å². The van der Waals surface area contributed by atoms with Gasteiger partial charge in [-0.3, -0.25) is 9.59 Å². The minimum atomic E-state index is -1.12. The maximum atomic E-state index is 10.4. The lowest BCUT2D eigenvalue weighted by molar-refractivity contribution is -0.139. The third-order valence-electron chi connectivity index (χ3n) is 1.54. The quantitative estimate of drug-likeness (QED) is 0.431. The first kappa shape index (κ1) is 12.9. The van der Waals surface area contributed by atoms with Gasteiger partial charge in [0.15, 0.2) is 0 Å². The van der Waals surface area contributed by atoms with E-state index in [2.05, 4.69) is 5.32 Å². The molecule has 0 rings (SSSR count). The molecule has 0 fully saturated rings. The highest BCUT2D eigenvalue weighted by Crippen LogP contribution is 2.01. The summed E-state index contributed by atoms with van der Waals surface area (Å²) in [5.41, 5.74) is 0. The number of carbonyl (C=O) groups is 2. The standard InChI is InChI=1S/C8H15NO5/c1-5(10)9-4-7(12)2-6(11)3-8(13)14/h6-7,11-12H,2-4H2,1H3,(H,9,10)(H,13,14)/t6-,7+/m1/s1. The van der Waals surface area contributed by atoms with E-state index in [1.165, 1.54) is 6.92 Å². The molecule has 1 amide bonds. The highest BCUT2D eigenvalue weighted by atomic mass is 16.4. The molecule has 14 heavy (non-hydrogen) atoms. The van der Waals surface area contributed by atoms with E-state index in [1.54, 1.807) is 0 Å². The van der Waals surface area contributed by atoms with Crippen molar-refractivity contribution in [2.75, 3.05) is 6.54 Å². The van der Waals surface area contributed by atoms with Crippen molar-refractivity contribution in [3.05, 3.63) is 0 Å². The van der Waals surface area contributed by atoms with Gasteiger partial charge in [-0.05, 0) is 0 Å². The van der Waals surface area contributed by atoms with Crippen molar-refractivity contribution in [3.8, 4) is 0 Å². The van der Waals surface area contributed by atoms with Gasteiger partial charge < -0.3 is 20.6 Å². The molecule has 0 aromatic heterocycles. The Morgan fingerprint density at radius 2 is 1.86 bits per heavy atom. The SMILES string of the molecule is CC(=O)NC[C@@H](O)C[C@@H](O)CC(=O)O. The second kappa shape index (κ2) is 6.33. The summed E-state index contributed by atoms with van der Waals surface area (Å²) in [6, 6.07) is 0. The first-order valence-electron chi connectivity index (χ1n) is 4.24. The molecule has 0 spiro atoms. The molecular formula is C8H15NO5. The van der Waals surface area contributed by atoms with Crippen molar-refractivity contribution in [2.24, 2.45) is 0 Å². The number of amides is 1. The second-order valence-electron chi connectivity index (χ2n) is 3.08. The third-order valence-corrected chi connectivity index (χ3v) is 1.54. The van der Waals surface area contributed by atoms with E-state index < -0.39 is 24.6 Å². The largest absolute Gasteiger partial charge is 0.481 e. The van der Waals surface area contributed by atoms with Gasteiger partial charge in [-0.25, -0.2) is 0 Å². The van der Waals surface area contributed by atoms with Crippen LogP contribution in [0.4, 0.5) is 0 Å². The number of aliphatic hydroxyl groups excluding tert-OH is 2. The van der Waals surface area contributed by atoms with Crippen molar-refractivity contribution < 1.29 is 24.9 Å². The van der Waals surface area contributed by atoms with Crippen LogP contribution >= 0.6 is 0 Å². The summed E-state index contributed by atoms with van der Waals surface area (Å²) in [6.07, 6.45) is -2.48. The fourth-order valence-corrected chi connectivity index (χ4v) is 0.944. The van der Waals surface area contributed by atoms with Crippen LogP contribution in [0.1, 0.15) is 19.8 Å². The summed E-state index contributed by atoms with van der Waals surface area (Å²) in [6.45, 7) is 1.33. The molecule has 4 N–H and O–H groups in total. The maximum Gasteiger partial charge on any atom is 0.305 e. The Morgan fingerprint density at radius 1 is 1.29 bits per heavy atom. The lowest BCUT2D eigenvalue weighted by Gasteiger charge is -2.14. The molecule has 0 heterocycles. The van der Waals surface area contributed by atoms with Gasteiger partial charge in [0.2, 0.25) is 5.91 Å². The first-order chi connectivity index (χ1) is 6.41. The summed E-state index contributed by atoms with van der Waals surface area (Å²) < 4.78 is 0. The van der Waals surface area contributed by atoms with Gasteiger partial charge in [0.25, 0.3) is 0 Å². The second-order valence-corrected chi connectivity index (χ2v) is 3.08. The van der Waals surface area contributed by atoms with E-state index in [-0.39, 0.29) is 18.9 Å². The lowest BCUT2D eigenvalue weighted by Crippen LogP contribution is -2.33. The minimum Gasteiger partial charge on any atom is -0.481 e. The highest BCUT2D eigenvalue weighted by Gasteiger charge is 2.14. The first-order valence-corrected chi connectivity index (χ1v) is 4.24. The van der Waals surface area contributed by atoms with Crippen molar-refractivity contribution in [1.82, 2.24) is 5.32 Å². The van der Waals surface area contributed by atoms with Crippen LogP contribution in [-0.2, 0) is 9.59 Å². The van der Waals surface area contributed by atoms with Crippen molar-refractivity contribution in [2.45, 2.75) is 32.0 Å². The molecule has 0 saturated heterocycles. The molecule has 0 aromatic rings. The number of rotatable bonds is 6. The molecule has 0 aliphatic rings. The van der Waals surface area contributed by atoms with Crippen molar-refractivity contribution >= 4 is 11.9 Å². The average molecular weight is 205 g/mol. The van der Waals surface area contributed by atoms with E-state index in [1.807, 2.05) is 0 Å². The van der Waals surface area contributed by atoms with Crippen LogP contribution < -0.4 is 5.32 Å². The molecule has 2 atom stereocenters. The molecule has 0 bridgehead atoms. The van der Waals surface area contributed by atoms with Gasteiger partial charge in [-0.1, -0.05) is 0 Å². The zero-order valence-corrected chi connectivity index (χ0v) is 7.93.